The number of piperidine rings is 1. The molecule has 1 heterocycles. The van der Waals surface area contributed by atoms with Crippen LogP contribution in [-0.4, -0.2) is 31.9 Å². The number of nitrogens with zero attached hydrogens (tertiary/aromatic N) is 1. The van der Waals surface area contributed by atoms with Crippen molar-refractivity contribution in [1.29, 1.82) is 0 Å². The Labute approximate surface area is 122 Å². The van der Waals surface area contributed by atoms with Crippen LogP contribution >= 0.6 is 0 Å². The van der Waals surface area contributed by atoms with Crippen LogP contribution in [0.15, 0.2) is 29.2 Å². The maximum absolute atomic E-state index is 12.7. The quantitative estimate of drug-likeness (QED) is 0.905. The lowest BCUT2D eigenvalue weighted by atomic mass is 10.0. The molecule has 0 aromatic heterocycles. The predicted molar refractivity (Wildman–Crippen MR) is 81.0 cm³/mol. The number of rotatable bonds is 5. The molecule has 112 valence electrons. The van der Waals surface area contributed by atoms with Gasteiger partial charge < -0.3 is 5.73 Å². The molecule has 2 rings (SSSR count). The molecular formula is C15H24N2O2S. The van der Waals surface area contributed by atoms with Crippen LogP contribution in [0.2, 0.25) is 0 Å². The summed E-state index contributed by atoms with van der Waals surface area (Å²) in [4.78, 5) is 0.402. The highest BCUT2D eigenvalue weighted by molar-refractivity contribution is 7.89. The monoisotopic (exact) mass is 296 g/mol. The van der Waals surface area contributed by atoms with Crippen molar-refractivity contribution in [1.82, 2.24) is 4.31 Å². The Bertz CT molecular complexity index is 525. The van der Waals surface area contributed by atoms with Gasteiger partial charge in [-0.15, -0.1) is 0 Å². The van der Waals surface area contributed by atoms with Crippen LogP contribution in [0.3, 0.4) is 0 Å². The Morgan fingerprint density at radius 3 is 2.55 bits per heavy atom. The highest BCUT2D eigenvalue weighted by atomic mass is 32.2. The highest BCUT2D eigenvalue weighted by Crippen LogP contribution is 2.27. The fourth-order valence-electron chi connectivity index (χ4n) is 2.83. The van der Waals surface area contributed by atoms with Crippen molar-refractivity contribution in [3.8, 4) is 0 Å². The first kappa shape index (κ1) is 15.5. The van der Waals surface area contributed by atoms with E-state index in [2.05, 4.69) is 6.92 Å². The second kappa shape index (κ2) is 6.70. The van der Waals surface area contributed by atoms with Gasteiger partial charge in [0, 0.05) is 12.6 Å². The molecule has 1 saturated heterocycles. The van der Waals surface area contributed by atoms with E-state index in [0.29, 0.717) is 18.0 Å². The number of hydrogen-bond donors (Lipinski definition) is 1. The Morgan fingerprint density at radius 1 is 1.25 bits per heavy atom. The Balaban J connectivity index is 2.24. The first-order valence-electron chi connectivity index (χ1n) is 7.40. The zero-order chi connectivity index (χ0) is 14.6. The van der Waals surface area contributed by atoms with Crippen molar-refractivity contribution in [2.75, 3.05) is 13.1 Å². The van der Waals surface area contributed by atoms with E-state index in [1.807, 2.05) is 12.1 Å². The summed E-state index contributed by atoms with van der Waals surface area (Å²) < 4.78 is 27.1. The first-order chi connectivity index (χ1) is 9.59. The van der Waals surface area contributed by atoms with Gasteiger partial charge >= 0.3 is 0 Å². The number of hydrogen-bond acceptors (Lipinski definition) is 3. The molecule has 0 aliphatic carbocycles. The van der Waals surface area contributed by atoms with Crippen LogP contribution in [0, 0.1) is 0 Å². The van der Waals surface area contributed by atoms with Crippen LogP contribution in [0.25, 0.3) is 0 Å². The topological polar surface area (TPSA) is 63.4 Å². The molecule has 1 atom stereocenters. The van der Waals surface area contributed by atoms with Crippen molar-refractivity contribution in [3.63, 3.8) is 0 Å². The van der Waals surface area contributed by atoms with E-state index in [1.54, 1.807) is 16.4 Å². The second-order valence-corrected chi connectivity index (χ2v) is 7.25. The third-order valence-electron chi connectivity index (χ3n) is 4.01. The van der Waals surface area contributed by atoms with Crippen molar-refractivity contribution in [2.45, 2.75) is 50.0 Å². The van der Waals surface area contributed by atoms with Gasteiger partial charge in [-0.25, -0.2) is 8.42 Å². The van der Waals surface area contributed by atoms with E-state index < -0.39 is 10.0 Å². The molecule has 0 bridgehead atoms. The van der Waals surface area contributed by atoms with Gasteiger partial charge in [0.15, 0.2) is 0 Å². The zero-order valence-electron chi connectivity index (χ0n) is 12.1. The minimum absolute atomic E-state index is 0.150. The highest BCUT2D eigenvalue weighted by Gasteiger charge is 2.32. The average molecular weight is 296 g/mol. The van der Waals surface area contributed by atoms with E-state index in [1.165, 1.54) is 0 Å². The summed E-state index contributed by atoms with van der Waals surface area (Å²) in [6.07, 6.45) is 4.72. The fraction of sp³-hybridized carbons (Fsp3) is 0.600. The third kappa shape index (κ3) is 3.22. The maximum Gasteiger partial charge on any atom is 0.243 e. The molecule has 1 aromatic rings. The van der Waals surface area contributed by atoms with Crippen LogP contribution in [0.5, 0.6) is 0 Å². The van der Waals surface area contributed by atoms with Gasteiger partial charge in [0.2, 0.25) is 10.0 Å². The van der Waals surface area contributed by atoms with E-state index >= 15 is 0 Å². The largest absolute Gasteiger partial charge is 0.330 e. The molecule has 1 aromatic carbocycles. The molecule has 0 amide bonds. The lowest BCUT2D eigenvalue weighted by Gasteiger charge is -2.34. The molecule has 0 spiro atoms. The molecule has 2 N–H and O–H groups in total. The minimum atomic E-state index is -3.35. The van der Waals surface area contributed by atoms with Gasteiger partial charge in [0.25, 0.3) is 0 Å². The standard InChI is InChI=1S/C15H24N2O2S/c1-2-14-5-3-4-12-17(14)20(18,19)15-8-6-13(7-9-15)10-11-16/h6-9,14H,2-5,10-12,16H2,1H3. The van der Waals surface area contributed by atoms with Crippen molar-refractivity contribution >= 4 is 10.0 Å². The Kier molecular flexibility index (Phi) is 5.18. The summed E-state index contributed by atoms with van der Waals surface area (Å²) in [7, 11) is -3.35. The molecule has 0 saturated carbocycles. The van der Waals surface area contributed by atoms with Crippen molar-refractivity contribution in [2.24, 2.45) is 5.73 Å². The number of benzene rings is 1. The van der Waals surface area contributed by atoms with E-state index in [9.17, 15) is 8.42 Å². The van der Waals surface area contributed by atoms with Crippen LogP contribution < -0.4 is 5.73 Å². The van der Waals surface area contributed by atoms with Crippen molar-refractivity contribution in [3.05, 3.63) is 29.8 Å². The normalized spacial score (nSPS) is 21.0. The van der Waals surface area contributed by atoms with Gasteiger partial charge in [-0.1, -0.05) is 25.5 Å². The smallest absolute Gasteiger partial charge is 0.243 e. The average Bonchev–Trinajstić information content (AvgIpc) is 2.48. The van der Waals surface area contributed by atoms with Crippen LogP contribution in [-0.2, 0) is 16.4 Å². The number of sulfonamides is 1. The second-order valence-electron chi connectivity index (χ2n) is 5.36. The lowest BCUT2D eigenvalue weighted by Crippen LogP contribution is -2.43. The molecule has 4 nitrogen and oxygen atoms in total. The van der Waals surface area contributed by atoms with Gasteiger partial charge in [-0.3, -0.25) is 0 Å². The third-order valence-corrected chi connectivity index (χ3v) is 5.97. The zero-order valence-corrected chi connectivity index (χ0v) is 12.9. The van der Waals surface area contributed by atoms with E-state index in [-0.39, 0.29) is 6.04 Å². The summed E-state index contributed by atoms with van der Waals surface area (Å²) in [5, 5.41) is 0. The molecule has 1 aliphatic heterocycles. The van der Waals surface area contributed by atoms with Crippen molar-refractivity contribution < 1.29 is 8.42 Å². The van der Waals surface area contributed by atoms with Gasteiger partial charge in [-0.05, 0) is 49.9 Å². The van der Waals surface area contributed by atoms with Gasteiger partial charge in [0.05, 0.1) is 4.90 Å². The number of nitrogens with two attached hydrogens (primary N) is 1. The lowest BCUT2D eigenvalue weighted by molar-refractivity contribution is 0.246. The molecule has 20 heavy (non-hydrogen) atoms. The minimum Gasteiger partial charge on any atom is -0.330 e. The molecular weight excluding hydrogens is 272 g/mol. The first-order valence-corrected chi connectivity index (χ1v) is 8.84. The molecule has 1 fully saturated rings. The molecule has 1 unspecified atom stereocenters. The Morgan fingerprint density at radius 2 is 1.95 bits per heavy atom. The van der Waals surface area contributed by atoms with E-state index in [4.69, 9.17) is 5.73 Å². The summed E-state index contributed by atoms with van der Waals surface area (Å²) >= 11 is 0. The van der Waals surface area contributed by atoms with Gasteiger partial charge in [0.1, 0.15) is 0 Å². The van der Waals surface area contributed by atoms with E-state index in [0.717, 1.165) is 37.7 Å². The summed E-state index contributed by atoms with van der Waals surface area (Å²) in [6, 6.07) is 7.30. The van der Waals surface area contributed by atoms with Crippen LogP contribution in [0.4, 0.5) is 0 Å². The SMILES string of the molecule is CCC1CCCCN1S(=O)(=O)c1ccc(CCN)cc1. The summed E-state index contributed by atoms with van der Waals surface area (Å²) in [5.41, 5.74) is 6.59. The summed E-state index contributed by atoms with van der Waals surface area (Å²) in [5.74, 6) is 0. The van der Waals surface area contributed by atoms with Gasteiger partial charge in [-0.2, -0.15) is 4.31 Å². The summed E-state index contributed by atoms with van der Waals surface area (Å²) in [6.45, 7) is 3.28. The Hall–Kier alpha value is -0.910. The molecule has 0 radical (unpaired) electrons. The fourth-order valence-corrected chi connectivity index (χ4v) is 4.60. The predicted octanol–water partition coefficient (Wildman–Crippen LogP) is 2.14. The van der Waals surface area contributed by atoms with Crippen LogP contribution in [0.1, 0.15) is 38.2 Å². The molecule has 1 aliphatic rings. The maximum atomic E-state index is 12.7. The molecule has 5 heteroatoms.